The van der Waals surface area contributed by atoms with Gasteiger partial charge < -0.3 is 9.15 Å². The van der Waals surface area contributed by atoms with Crippen molar-refractivity contribution in [2.45, 2.75) is 24.6 Å². The van der Waals surface area contributed by atoms with Crippen LogP contribution in [0.1, 0.15) is 28.2 Å². The zero-order chi connectivity index (χ0) is 21.9. The van der Waals surface area contributed by atoms with Gasteiger partial charge in [-0.15, -0.1) is 21.5 Å². The smallest absolute Gasteiger partial charge is 0.277 e. The molecule has 0 bridgehead atoms. The predicted molar refractivity (Wildman–Crippen MR) is 123 cm³/mol. The SMILES string of the molecule is Cc1nc(Cc2nnc(SCC(=O)N3c4ccccc4OCC3c3ccccc3)o2)cs1. The molecule has 7 nitrogen and oxygen atoms in total. The van der Waals surface area contributed by atoms with E-state index in [9.17, 15) is 4.79 Å². The van der Waals surface area contributed by atoms with E-state index >= 15 is 0 Å². The number of thioether (sulfide) groups is 1. The van der Waals surface area contributed by atoms with Crippen molar-refractivity contribution < 1.29 is 13.9 Å². The van der Waals surface area contributed by atoms with Crippen molar-refractivity contribution >= 4 is 34.7 Å². The maximum Gasteiger partial charge on any atom is 0.277 e. The molecule has 32 heavy (non-hydrogen) atoms. The first-order valence-electron chi connectivity index (χ1n) is 10.1. The second-order valence-electron chi connectivity index (χ2n) is 7.25. The third-order valence-corrected chi connectivity index (χ3v) is 6.68. The van der Waals surface area contributed by atoms with E-state index in [1.54, 1.807) is 11.3 Å². The lowest BCUT2D eigenvalue weighted by Gasteiger charge is -2.37. The Labute approximate surface area is 193 Å². The van der Waals surface area contributed by atoms with Gasteiger partial charge in [0, 0.05) is 5.38 Å². The summed E-state index contributed by atoms with van der Waals surface area (Å²) in [4.78, 5) is 19.6. The summed E-state index contributed by atoms with van der Waals surface area (Å²) in [6, 6.07) is 17.3. The number of amides is 1. The van der Waals surface area contributed by atoms with Crippen LogP contribution in [0.3, 0.4) is 0 Å². The Hall–Kier alpha value is -3.17. The number of nitrogens with zero attached hydrogens (tertiary/aromatic N) is 4. The van der Waals surface area contributed by atoms with Gasteiger partial charge >= 0.3 is 0 Å². The molecule has 4 aromatic rings. The molecular weight excluding hydrogens is 444 g/mol. The van der Waals surface area contributed by atoms with Gasteiger partial charge in [0.2, 0.25) is 11.8 Å². The Morgan fingerprint density at radius 2 is 1.97 bits per heavy atom. The second-order valence-corrected chi connectivity index (χ2v) is 9.24. The van der Waals surface area contributed by atoms with Crippen molar-refractivity contribution in [3.8, 4) is 5.75 Å². The van der Waals surface area contributed by atoms with E-state index in [4.69, 9.17) is 9.15 Å². The van der Waals surface area contributed by atoms with Crippen molar-refractivity contribution in [1.82, 2.24) is 15.2 Å². The van der Waals surface area contributed by atoms with Crippen molar-refractivity contribution in [3.05, 3.63) is 82.1 Å². The highest BCUT2D eigenvalue weighted by Gasteiger charge is 2.33. The second kappa shape index (κ2) is 9.13. The van der Waals surface area contributed by atoms with Crippen LogP contribution in [0.2, 0.25) is 0 Å². The number of benzene rings is 2. The van der Waals surface area contributed by atoms with Gasteiger partial charge in [-0.25, -0.2) is 4.98 Å². The zero-order valence-corrected chi connectivity index (χ0v) is 18.9. The topological polar surface area (TPSA) is 81.4 Å². The first-order chi connectivity index (χ1) is 15.7. The Morgan fingerprint density at radius 1 is 1.16 bits per heavy atom. The molecule has 0 spiro atoms. The number of thiazole rings is 1. The minimum absolute atomic E-state index is 0.0468. The van der Waals surface area contributed by atoms with Gasteiger partial charge in [0.25, 0.3) is 5.22 Å². The van der Waals surface area contributed by atoms with Crippen LogP contribution >= 0.6 is 23.1 Å². The minimum Gasteiger partial charge on any atom is -0.489 e. The molecule has 1 amide bonds. The van der Waals surface area contributed by atoms with E-state index in [0.29, 0.717) is 29.9 Å². The minimum atomic E-state index is -0.203. The van der Waals surface area contributed by atoms with Crippen molar-refractivity contribution in [2.75, 3.05) is 17.3 Å². The van der Waals surface area contributed by atoms with Crippen LogP contribution in [0.4, 0.5) is 5.69 Å². The Balaban J connectivity index is 1.32. The van der Waals surface area contributed by atoms with E-state index in [2.05, 4.69) is 15.2 Å². The number of ether oxygens (including phenoxy) is 1. The summed E-state index contributed by atoms with van der Waals surface area (Å²) >= 11 is 2.83. The highest BCUT2D eigenvalue weighted by Crippen LogP contribution is 2.39. The summed E-state index contributed by atoms with van der Waals surface area (Å²) in [6.07, 6.45) is 0.485. The number of carbonyl (C=O) groups excluding carboxylic acids is 1. The normalized spacial score (nSPS) is 15.3. The number of hydrogen-bond acceptors (Lipinski definition) is 8. The molecule has 1 atom stereocenters. The van der Waals surface area contributed by atoms with Crippen LogP contribution in [-0.4, -0.2) is 33.4 Å². The van der Waals surface area contributed by atoms with E-state index in [0.717, 1.165) is 22.0 Å². The third-order valence-electron chi connectivity index (χ3n) is 5.05. The zero-order valence-electron chi connectivity index (χ0n) is 17.3. The number of rotatable bonds is 6. The first kappa shape index (κ1) is 20.7. The summed E-state index contributed by atoms with van der Waals surface area (Å²) in [6.45, 7) is 2.36. The van der Waals surface area contributed by atoms with Crippen LogP contribution in [-0.2, 0) is 11.2 Å². The van der Waals surface area contributed by atoms with Crippen molar-refractivity contribution in [3.63, 3.8) is 0 Å². The molecular formula is C23H20N4O3S2. The lowest BCUT2D eigenvalue weighted by Crippen LogP contribution is -2.42. The Morgan fingerprint density at radius 3 is 2.78 bits per heavy atom. The summed E-state index contributed by atoms with van der Waals surface area (Å²) < 4.78 is 11.7. The molecule has 1 aliphatic heterocycles. The molecule has 2 aromatic heterocycles. The predicted octanol–water partition coefficient (Wildman–Crippen LogP) is 4.68. The molecule has 1 aliphatic rings. The summed E-state index contributed by atoms with van der Waals surface area (Å²) in [5.41, 5.74) is 2.70. The monoisotopic (exact) mass is 464 g/mol. The lowest BCUT2D eigenvalue weighted by atomic mass is 10.0. The summed E-state index contributed by atoms with van der Waals surface area (Å²) in [5, 5.41) is 11.5. The van der Waals surface area contributed by atoms with E-state index in [1.165, 1.54) is 11.8 Å². The van der Waals surface area contributed by atoms with Gasteiger partial charge in [0.1, 0.15) is 12.4 Å². The summed E-state index contributed by atoms with van der Waals surface area (Å²) in [7, 11) is 0. The first-order valence-corrected chi connectivity index (χ1v) is 12.0. The third kappa shape index (κ3) is 4.39. The number of carbonyl (C=O) groups is 1. The maximum atomic E-state index is 13.4. The fraction of sp³-hybridized carbons (Fsp3) is 0.217. The molecule has 9 heteroatoms. The van der Waals surface area contributed by atoms with E-state index in [1.807, 2.05) is 71.8 Å². The lowest BCUT2D eigenvalue weighted by molar-refractivity contribution is -0.117. The van der Waals surface area contributed by atoms with E-state index in [-0.39, 0.29) is 17.7 Å². The molecule has 3 heterocycles. The van der Waals surface area contributed by atoms with Gasteiger partial charge in [0.05, 0.1) is 34.6 Å². The number of para-hydroxylation sites is 2. The molecule has 0 saturated heterocycles. The fourth-order valence-corrected chi connectivity index (χ4v) is 4.88. The van der Waals surface area contributed by atoms with Gasteiger partial charge in [-0.1, -0.05) is 54.2 Å². The average Bonchev–Trinajstić information content (AvgIpc) is 3.45. The quantitative estimate of drug-likeness (QED) is 0.383. The molecule has 162 valence electrons. The van der Waals surface area contributed by atoms with Gasteiger partial charge in [-0.3, -0.25) is 9.69 Å². The fourth-order valence-electron chi connectivity index (χ4n) is 3.62. The van der Waals surface area contributed by atoms with Gasteiger partial charge in [-0.05, 0) is 24.6 Å². The number of aromatic nitrogens is 3. The Bertz CT molecular complexity index is 1220. The Kier molecular flexibility index (Phi) is 5.91. The molecule has 0 saturated carbocycles. The number of anilines is 1. The largest absolute Gasteiger partial charge is 0.489 e. The molecule has 0 radical (unpaired) electrons. The molecule has 2 aromatic carbocycles. The maximum absolute atomic E-state index is 13.4. The van der Waals surface area contributed by atoms with Gasteiger partial charge in [0.15, 0.2) is 0 Å². The average molecular weight is 465 g/mol. The number of fused-ring (bicyclic) bond motifs is 1. The molecule has 0 fully saturated rings. The van der Waals surface area contributed by atoms with Crippen LogP contribution in [0, 0.1) is 6.92 Å². The number of hydrogen-bond donors (Lipinski definition) is 0. The standard InChI is InChI=1S/C23H20N4O3S2/c1-15-24-17(13-31-15)11-21-25-26-23(30-21)32-14-22(28)27-18-9-5-6-10-20(18)29-12-19(27)16-7-3-2-4-8-16/h2-10,13,19H,11-12,14H2,1H3. The number of aryl methyl sites for hydroxylation is 1. The van der Waals surface area contributed by atoms with E-state index < -0.39 is 0 Å². The molecule has 0 N–H and O–H groups in total. The molecule has 1 unspecified atom stereocenters. The highest BCUT2D eigenvalue weighted by molar-refractivity contribution is 7.99. The van der Waals surface area contributed by atoms with Crippen molar-refractivity contribution in [1.29, 1.82) is 0 Å². The van der Waals surface area contributed by atoms with Crippen LogP contribution in [0.5, 0.6) is 5.75 Å². The van der Waals surface area contributed by atoms with Crippen LogP contribution in [0.25, 0.3) is 0 Å². The van der Waals surface area contributed by atoms with Crippen molar-refractivity contribution in [2.24, 2.45) is 0 Å². The molecule has 5 rings (SSSR count). The highest BCUT2D eigenvalue weighted by atomic mass is 32.2. The van der Waals surface area contributed by atoms with Gasteiger partial charge in [-0.2, -0.15) is 0 Å². The van der Waals surface area contributed by atoms with Crippen LogP contribution < -0.4 is 9.64 Å². The molecule has 0 aliphatic carbocycles. The summed E-state index contributed by atoms with van der Waals surface area (Å²) in [5.74, 6) is 1.32. The van der Waals surface area contributed by atoms with Crippen LogP contribution in [0.15, 0.2) is 69.6 Å².